The first-order valence-corrected chi connectivity index (χ1v) is 17.1. The van der Waals surface area contributed by atoms with Gasteiger partial charge in [-0.15, -0.1) is 0 Å². The van der Waals surface area contributed by atoms with Crippen LogP contribution in [0, 0.1) is 0 Å². The largest absolute Gasteiger partial charge is 0.270 e. The number of benzene rings is 5. The molecule has 44 heavy (non-hydrogen) atoms. The molecule has 0 saturated heterocycles. The maximum atomic E-state index is 5.18. The summed E-state index contributed by atoms with van der Waals surface area (Å²) in [5.41, 5.74) is 7.15. The second-order valence-corrected chi connectivity index (χ2v) is 17.4. The lowest BCUT2D eigenvalue weighted by molar-refractivity contribution is 0.426. The summed E-state index contributed by atoms with van der Waals surface area (Å²) >= 11 is 3.78. The van der Waals surface area contributed by atoms with Crippen LogP contribution in [0.25, 0.3) is 43.8 Å². The second kappa shape index (κ2) is 10.1. The van der Waals surface area contributed by atoms with Crippen molar-refractivity contribution < 1.29 is 0 Å². The molecule has 0 amide bonds. The van der Waals surface area contributed by atoms with Crippen molar-refractivity contribution in [3.63, 3.8) is 0 Å². The fourth-order valence-electron chi connectivity index (χ4n) is 6.17. The van der Waals surface area contributed by atoms with Crippen LogP contribution in [0.5, 0.6) is 0 Å². The number of hydrogen-bond acceptors (Lipinski definition) is 4. The lowest BCUT2D eigenvalue weighted by atomic mass is 9.85. The molecule has 2 nitrogen and oxygen atoms in total. The van der Waals surface area contributed by atoms with Gasteiger partial charge in [-0.05, 0) is 111 Å². The highest BCUT2D eigenvalue weighted by atomic mass is 32.2. The Labute approximate surface area is 270 Å². The molecule has 4 heteroatoms. The Morgan fingerprint density at radius 3 is 1.02 bits per heavy atom. The molecule has 222 valence electrons. The van der Waals surface area contributed by atoms with Gasteiger partial charge in [0.1, 0.15) is 0 Å². The number of aliphatic imine (C=N–C) groups is 2. The number of rotatable bonds is 4. The van der Waals surface area contributed by atoms with Crippen LogP contribution in [0.2, 0.25) is 0 Å². The third-order valence-corrected chi connectivity index (χ3v) is 13.2. The fourth-order valence-corrected chi connectivity index (χ4v) is 8.76. The van der Waals surface area contributed by atoms with Gasteiger partial charge in [0, 0.05) is 20.6 Å². The molecule has 0 unspecified atom stereocenters. The van der Waals surface area contributed by atoms with Gasteiger partial charge in [-0.2, -0.15) is 0 Å². The standard InChI is InChI=1S/C40H40N2S2/c1-37(2)39(5,6)43-35(41-37)27-17-13-15-25(23-27)33-29-19-9-11-21-31(29)34(32-22-12-10-20-30(32)33)26-16-14-18-28(24-26)36-42-38(3,4)40(7,8)44-36/h9-24H,1-8H3. The van der Waals surface area contributed by atoms with Crippen LogP contribution in [0.3, 0.4) is 0 Å². The maximum absolute atomic E-state index is 5.18. The van der Waals surface area contributed by atoms with Crippen LogP contribution >= 0.6 is 23.5 Å². The highest BCUT2D eigenvalue weighted by molar-refractivity contribution is 8.16. The molecule has 2 aliphatic heterocycles. The predicted octanol–water partition coefficient (Wildman–Crippen LogP) is 11.4. The molecule has 0 bridgehead atoms. The minimum absolute atomic E-state index is 0.0436. The molecular weight excluding hydrogens is 573 g/mol. The summed E-state index contributed by atoms with van der Waals surface area (Å²) in [6.45, 7) is 18.2. The van der Waals surface area contributed by atoms with E-state index in [1.54, 1.807) is 0 Å². The average molecular weight is 613 g/mol. The zero-order chi connectivity index (χ0) is 31.1. The predicted molar refractivity (Wildman–Crippen MR) is 197 cm³/mol. The Balaban J connectivity index is 1.43. The van der Waals surface area contributed by atoms with E-state index in [0.717, 1.165) is 10.1 Å². The van der Waals surface area contributed by atoms with Gasteiger partial charge in [0.05, 0.1) is 21.2 Å². The van der Waals surface area contributed by atoms with Crippen LogP contribution in [0.15, 0.2) is 107 Å². The van der Waals surface area contributed by atoms with E-state index in [4.69, 9.17) is 9.98 Å². The summed E-state index contributed by atoms with van der Waals surface area (Å²) in [5, 5.41) is 7.31. The van der Waals surface area contributed by atoms with Gasteiger partial charge in [-0.25, -0.2) is 0 Å². The summed E-state index contributed by atoms with van der Waals surface area (Å²) in [4.78, 5) is 10.4. The first-order valence-electron chi connectivity index (χ1n) is 15.5. The molecule has 0 radical (unpaired) electrons. The van der Waals surface area contributed by atoms with Crippen molar-refractivity contribution in [1.29, 1.82) is 0 Å². The molecule has 5 aromatic carbocycles. The highest BCUT2D eigenvalue weighted by Crippen LogP contribution is 2.49. The Morgan fingerprint density at radius 1 is 0.409 bits per heavy atom. The minimum atomic E-state index is -0.118. The van der Waals surface area contributed by atoms with Crippen LogP contribution in [0.4, 0.5) is 0 Å². The molecule has 0 atom stereocenters. The van der Waals surface area contributed by atoms with Crippen molar-refractivity contribution in [3.05, 3.63) is 108 Å². The van der Waals surface area contributed by atoms with Gasteiger partial charge in [0.25, 0.3) is 0 Å². The van der Waals surface area contributed by atoms with E-state index in [9.17, 15) is 0 Å². The first-order chi connectivity index (χ1) is 20.8. The van der Waals surface area contributed by atoms with Crippen molar-refractivity contribution in [2.45, 2.75) is 76.0 Å². The van der Waals surface area contributed by atoms with Gasteiger partial charge in [-0.3, -0.25) is 9.98 Å². The Bertz CT molecular complexity index is 1820. The molecule has 2 aliphatic rings. The molecule has 0 saturated carbocycles. The van der Waals surface area contributed by atoms with Crippen LogP contribution < -0.4 is 0 Å². The number of thioether (sulfide) groups is 2. The van der Waals surface area contributed by atoms with Crippen molar-refractivity contribution in [2.75, 3.05) is 0 Å². The van der Waals surface area contributed by atoms with Crippen LogP contribution in [-0.2, 0) is 0 Å². The van der Waals surface area contributed by atoms with Crippen molar-refractivity contribution in [1.82, 2.24) is 0 Å². The van der Waals surface area contributed by atoms with Gasteiger partial charge in [0.2, 0.25) is 0 Å². The van der Waals surface area contributed by atoms with Gasteiger partial charge < -0.3 is 0 Å². The molecule has 0 fully saturated rings. The van der Waals surface area contributed by atoms with Gasteiger partial charge in [-0.1, -0.05) is 108 Å². The maximum Gasteiger partial charge on any atom is 0.0990 e. The molecule has 0 spiro atoms. The SMILES string of the molecule is CC1(C)N=C(c2cccc(-c3c4ccccc4c(-c4cccc(C5=NC(C)(C)C(C)(C)S5)c4)c4ccccc34)c2)SC1(C)C. The van der Waals surface area contributed by atoms with Crippen LogP contribution in [0.1, 0.15) is 66.5 Å². The zero-order valence-corrected chi connectivity index (χ0v) is 28.6. The molecule has 0 N–H and O–H groups in total. The van der Waals surface area contributed by atoms with Gasteiger partial charge >= 0.3 is 0 Å². The van der Waals surface area contributed by atoms with Crippen molar-refractivity contribution >= 4 is 55.2 Å². The van der Waals surface area contributed by atoms with Crippen molar-refractivity contribution in [3.8, 4) is 22.3 Å². The van der Waals surface area contributed by atoms with E-state index in [1.807, 2.05) is 23.5 Å². The van der Waals surface area contributed by atoms with E-state index in [2.05, 4.69) is 152 Å². The number of nitrogens with zero attached hydrogens (tertiary/aromatic N) is 2. The monoisotopic (exact) mass is 612 g/mol. The fraction of sp³-hybridized carbons (Fsp3) is 0.300. The third kappa shape index (κ3) is 4.64. The smallest absolute Gasteiger partial charge is 0.0990 e. The summed E-state index contributed by atoms with van der Waals surface area (Å²) < 4.78 is 0.0873. The quantitative estimate of drug-likeness (QED) is 0.189. The summed E-state index contributed by atoms with van der Waals surface area (Å²) in [6.07, 6.45) is 0. The topological polar surface area (TPSA) is 24.7 Å². The molecule has 0 aromatic heterocycles. The molecule has 5 aromatic rings. The van der Waals surface area contributed by atoms with Crippen molar-refractivity contribution in [2.24, 2.45) is 9.98 Å². The summed E-state index contributed by atoms with van der Waals surface area (Å²) in [6, 6.07) is 35.8. The lowest BCUT2D eigenvalue weighted by Crippen LogP contribution is -2.36. The van der Waals surface area contributed by atoms with E-state index in [-0.39, 0.29) is 20.6 Å². The second-order valence-electron chi connectivity index (χ2n) is 14.2. The molecular formula is C40H40N2S2. The zero-order valence-electron chi connectivity index (χ0n) is 26.9. The van der Waals surface area contributed by atoms with E-state index < -0.39 is 0 Å². The van der Waals surface area contributed by atoms with Crippen LogP contribution in [-0.4, -0.2) is 30.7 Å². The van der Waals surface area contributed by atoms with E-state index in [0.29, 0.717) is 0 Å². The third-order valence-electron chi connectivity index (χ3n) is 10.1. The Hall–Kier alpha value is -3.34. The summed E-state index contributed by atoms with van der Waals surface area (Å²) in [7, 11) is 0. The Kier molecular flexibility index (Phi) is 6.73. The highest BCUT2D eigenvalue weighted by Gasteiger charge is 2.45. The normalized spacial score (nSPS) is 19.7. The average Bonchev–Trinajstić information content (AvgIpc) is 3.35. The Morgan fingerprint density at radius 2 is 0.727 bits per heavy atom. The minimum Gasteiger partial charge on any atom is -0.270 e. The molecule has 7 rings (SSSR count). The lowest BCUT2D eigenvalue weighted by Gasteiger charge is -2.30. The number of hydrogen-bond donors (Lipinski definition) is 0. The number of fused-ring (bicyclic) bond motifs is 2. The molecule has 2 heterocycles. The van der Waals surface area contributed by atoms with E-state index >= 15 is 0 Å². The van der Waals surface area contributed by atoms with E-state index in [1.165, 1.54) is 54.9 Å². The van der Waals surface area contributed by atoms with Gasteiger partial charge in [0.15, 0.2) is 0 Å². The first kappa shape index (κ1) is 29.4. The summed E-state index contributed by atoms with van der Waals surface area (Å²) in [5.74, 6) is 0. The molecule has 0 aliphatic carbocycles.